The first-order valence-electron chi connectivity index (χ1n) is 7.34. The van der Waals surface area contributed by atoms with Crippen LogP contribution in [0.5, 0.6) is 0 Å². The van der Waals surface area contributed by atoms with Crippen molar-refractivity contribution in [1.82, 2.24) is 15.5 Å². The maximum Gasteiger partial charge on any atom is 0.234 e. The van der Waals surface area contributed by atoms with Crippen molar-refractivity contribution in [3.63, 3.8) is 0 Å². The lowest BCUT2D eigenvalue weighted by Crippen LogP contribution is -2.35. The number of nitrogens with zero attached hydrogens (tertiary/aromatic N) is 2. The van der Waals surface area contributed by atoms with Crippen LogP contribution in [0.1, 0.15) is 31.7 Å². The summed E-state index contributed by atoms with van der Waals surface area (Å²) in [7, 11) is 0. The first-order chi connectivity index (χ1) is 10.0. The predicted molar refractivity (Wildman–Crippen MR) is 78.4 cm³/mol. The van der Waals surface area contributed by atoms with Gasteiger partial charge in [-0.2, -0.15) is 4.98 Å². The molecular formula is C16H20FN3O. The van der Waals surface area contributed by atoms with Crippen LogP contribution in [-0.4, -0.2) is 23.2 Å². The van der Waals surface area contributed by atoms with Crippen LogP contribution in [0.3, 0.4) is 0 Å². The van der Waals surface area contributed by atoms with Crippen LogP contribution in [0.15, 0.2) is 22.7 Å². The van der Waals surface area contributed by atoms with E-state index in [4.69, 9.17) is 4.52 Å². The molecule has 4 nitrogen and oxygen atoms in total. The Bertz CT molecular complexity index is 645. The molecule has 112 valence electrons. The molecule has 1 saturated heterocycles. The Morgan fingerprint density at radius 1 is 1.38 bits per heavy atom. The molecule has 1 aliphatic heterocycles. The summed E-state index contributed by atoms with van der Waals surface area (Å²) in [4.78, 5) is 4.59. The van der Waals surface area contributed by atoms with Gasteiger partial charge in [0, 0.05) is 12.1 Å². The van der Waals surface area contributed by atoms with Gasteiger partial charge in [0.2, 0.25) is 11.7 Å². The second-order valence-corrected chi connectivity index (χ2v) is 6.12. The molecule has 1 N–H and O–H groups in total. The first kappa shape index (κ1) is 14.2. The molecule has 2 aromatic rings. The molecule has 5 heteroatoms. The van der Waals surface area contributed by atoms with E-state index in [-0.39, 0.29) is 11.2 Å². The van der Waals surface area contributed by atoms with Crippen LogP contribution >= 0.6 is 0 Å². The maximum atomic E-state index is 13.4. The normalized spacial score (nSPS) is 22.1. The molecule has 0 saturated carbocycles. The molecule has 0 aliphatic carbocycles. The van der Waals surface area contributed by atoms with E-state index in [9.17, 15) is 4.39 Å². The molecule has 1 atom stereocenters. The van der Waals surface area contributed by atoms with Crippen molar-refractivity contribution in [2.75, 3.05) is 13.1 Å². The van der Waals surface area contributed by atoms with E-state index < -0.39 is 0 Å². The van der Waals surface area contributed by atoms with Crippen molar-refractivity contribution >= 4 is 0 Å². The third-order valence-corrected chi connectivity index (χ3v) is 4.56. The molecule has 3 rings (SSSR count). The van der Waals surface area contributed by atoms with Crippen LogP contribution in [0.25, 0.3) is 11.4 Å². The van der Waals surface area contributed by atoms with Gasteiger partial charge in [-0.05, 0) is 49.6 Å². The molecule has 0 amide bonds. The molecule has 1 aromatic carbocycles. The molecule has 21 heavy (non-hydrogen) atoms. The summed E-state index contributed by atoms with van der Waals surface area (Å²) in [5.41, 5.74) is 1.27. The van der Waals surface area contributed by atoms with E-state index >= 15 is 0 Å². The Hall–Kier alpha value is -1.75. The zero-order valence-electron chi connectivity index (χ0n) is 12.6. The fourth-order valence-corrected chi connectivity index (χ4v) is 2.96. The zero-order chi connectivity index (χ0) is 15.0. The molecule has 1 fully saturated rings. The van der Waals surface area contributed by atoms with Gasteiger partial charge in [-0.3, -0.25) is 0 Å². The Morgan fingerprint density at radius 2 is 2.19 bits per heavy atom. The lowest BCUT2D eigenvalue weighted by molar-refractivity contribution is 0.234. The number of halogens is 1. The van der Waals surface area contributed by atoms with Gasteiger partial charge < -0.3 is 9.84 Å². The summed E-state index contributed by atoms with van der Waals surface area (Å²) in [6.45, 7) is 7.91. The predicted octanol–water partition coefficient (Wildman–Crippen LogP) is 3.07. The van der Waals surface area contributed by atoms with E-state index in [0.29, 0.717) is 23.2 Å². The van der Waals surface area contributed by atoms with Crippen LogP contribution in [0.4, 0.5) is 4.39 Å². The van der Waals surface area contributed by atoms with Crippen molar-refractivity contribution in [2.45, 2.75) is 32.6 Å². The Labute approximate surface area is 123 Å². The number of hydrogen-bond acceptors (Lipinski definition) is 4. The number of aromatic nitrogens is 2. The van der Waals surface area contributed by atoms with E-state index in [1.165, 1.54) is 6.07 Å². The van der Waals surface area contributed by atoms with Crippen molar-refractivity contribution < 1.29 is 8.91 Å². The van der Waals surface area contributed by atoms with Crippen LogP contribution in [-0.2, 0) is 5.41 Å². The number of aryl methyl sites for hydroxylation is 1. The zero-order valence-corrected chi connectivity index (χ0v) is 12.6. The fourth-order valence-electron chi connectivity index (χ4n) is 2.96. The van der Waals surface area contributed by atoms with Crippen LogP contribution < -0.4 is 5.32 Å². The summed E-state index contributed by atoms with van der Waals surface area (Å²) < 4.78 is 18.9. The highest BCUT2D eigenvalue weighted by molar-refractivity contribution is 5.55. The van der Waals surface area contributed by atoms with Crippen molar-refractivity contribution in [3.8, 4) is 11.4 Å². The molecule has 1 aliphatic rings. The summed E-state index contributed by atoms with van der Waals surface area (Å²) >= 11 is 0. The summed E-state index contributed by atoms with van der Waals surface area (Å²) in [5.74, 6) is 1.40. The van der Waals surface area contributed by atoms with E-state index in [1.807, 2.05) is 0 Å². The minimum atomic E-state index is -0.221. The largest absolute Gasteiger partial charge is 0.338 e. The second-order valence-electron chi connectivity index (χ2n) is 6.12. The number of hydrogen-bond donors (Lipinski definition) is 1. The minimum Gasteiger partial charge on any atom is -0.338 e. The smallest absolute Gasteiger partial charge is 0.234 e. The van der Waals surface area contributed by atoms with Gasteiger partial charge >= 0.3 is 0 Å². The molecule has 0 bridgehead atoms. The van der Waals surface area contributed by atoms with Gasteiger partial charge in [0.05, 0.1) is 5.41 Å². The highest BCUT2D eigenvalue weighted by Gasteiger charge is 2.43. The minimum absolute atomic E-state index is 0.0969. The van der Waals surface area contributed by atoms with Gasteiger partial charge in [-0.15, -0.1) is 0 Å². The summed E-state index contributed by atoms with van der Waals surface area (Å²) in [6.07, 6.45) is 0.995. The molecule has 0 spiro atoms. The second kappa shape index (κ2) is 5.22. The number of rotatable bonds is 3. The van der Waals surface area contributed by atoms with E-state index in [1.54, 1.807) is 19.1 Å². The van der Waals surface area contributed by atoms with Gasteiger partial charge in [-0.1, -0.05) is 19.0 Å². The topological polar surface area (TPSA) is 51.0 Å². The van der Waals surface area contributed by atoms with Crippen LogP contribution in [0.2, 0.25) is 0 Å². The third kappa shape index (κ3) is 2.35. The van der Waals surface area contributed by atoms with Crippen LogP contribution in [0, 0.1) is 18.7 Å². The maximum absolute atomic E-state index is 13.4. The van der Waals surface area contributed by atoms with E-state index in [0.717, 1.165) is 25.1 Å². The average molecular weight is 289 g/mol. The van der Waals surface area contributed by atoms with Gasteiger partial charge in [0.1, 0.15) is 5.82 Å². The number of nitrogens with one attached hydrogen (secondary N) is 1. The lowest BCUT2D eigenvalue weighted by atomic mass is 9.76. The third-order valence-electron chi connectivity index (χ3n) is 4.56. The molecule has 1 aromatic heterocycles. The highest BCUT2D eigenvalue weighted by atomic mass is 19.1. The van der Waals surface area contributed by atoms with Gasteiger partial charge in [0.15, 0.2) is 0 Å². The first-order valence-corrected chi connectivity index (χ1v) is 7.34. The molecular weight excluding hydrogens is 269 g/mol. The fraction of sp³-hybridized carbons (Fsp3) is 0.500. The SMILES string of the molecule is Cc1cc(-c2noc(C3(C(C)C)CCNC3)n2)ccc1F. The van der Waals surface area contributed by atoms with Gasteiger partial charge in [0.25, 0.3) is 0 Å². The lowest BCUT2D eigenvalue weighted by Gasteiger charge is -2.27. The highest BCUT2D eigenvalue weighted by Crippen LogP contribution is 2.37. The van der Waals surface area contributed by atoms with Crippen molar-refractivity contribution in [2.24, 2.45) is 5.92 Å². The Kier molecular flexibility index (Phi) is 3.53. The van der Waals surface area contributed by atoms with Crippen molar-refractivity contribution in [1.29, 1.82) is 0 Å². The van der Waals surface area contributed by atoms with Crippen molar-refractivity contribution in [3.05, 3.63) is 35.5 Å². The molecule has 2 heterocycles. The number of benzene rings is 1. The average Bonchev–Trinajstić information content (AvgIpc) is 3.10. The standard InChI is InChI=1S/C16H20FN3O/c1-10(2)16(6-7-18-9-16)15-19-14(20-21-15)12-4-5-13(17)11(3)8-12/h4-5,8,10,18H,6-7,9H2,1-3H3. The quantitative estimate of drug-likeness (QED) is 0.943. The monoisotopic (exact) mass is 289 g/mol. The Morgan fingerprint density at radius 3 is 2.81 bits per heavy atom. The molecule has 0 radical (unpaired) electrons. The molecule has 1 unspecified atom stereocenters. The van der Waals surface area contributed by atoms with Gasteiger partial charge in [-0.25, -0.2) is 4.39 Å². The Balaban J connectivity index is 1.97. The summed E-state index contributed by atoms with van der Waals surface area (Å²) in [6, 6.07) is 4.88. The summed E-state index contributed by atoms with van der Waals surface area (Å²) in [5, 5.41) is 7.47. The van der Waals surface area contributed by atoms with E-state index in [2.05, 4.69) is 29.3 Å².